The van der Waals surface area contributed by atoms with E-state index < -0.39 is 50.1 Å². The predicted octanol–water partition coefficient (Wildman–Crippen LogP) is 3.52. The van der Waals surface area contributed by atoms with Crippen LogP contribution in [0.25, 0.3) is 0 Å². The van der Waals surface area contributed by atoms with E-state index in [9.17, 15) is 31.8 Å². The lowest BCUT2D eigenvalue weighted by atomic mass is 10.1. The van der Waals surface area contributed by atoms with Gasteiger partial charge < -0.3 is 20.3 Å². The number of ether oxygens (including phenoxy) is 1. The number of hydrogen-bond donors (Lipinski definition) is 3. The average molecular weight is 571 g/mol. The van der Waals surface area contributed by atoms with Gasteiger partial charge in [-0.2, -0.15) is 0 Å². The van der Waals surface area contributed by atoms with Crippen LogP contribution in [0.4, 0.5) is 18.9 Å². The first-order valence-corrected chi connectivity index (χ1v) is 11.9. The van der Waals surface area contributed by atoms with Crippen LogP contribution in [0.2, 0.25) is 0 Å². The van der Waals surface area contributed by atoms with Crippen LogP contribution in [0.15, 0.2) is 30.3 Å². The number of nitrogens with one attached hydrogen (secondary N) is 1. The van der Waals surface area contributed by atoms with Gasteiger partial charge in [0.05, 0.1) is 30.3 Å². The molecule has 0 saturated heterocycles. The largest absolute Gasteiger partial charge is 0.496 e. The lowest BCUT2D eigenvalue weighted by Gasteiger charge is -2.28. The van der Waals surface area contributed by atoms with E-state index in [0.29, 0.717) is 9.64 Å². The molecule has 0 spiro atoms. The molecular weight excluding hydrogens is 550 g/mol. The molecule has 170 valence electrons. The fourth-order valence-electron chi connectivity index (χ4n) is 3.48. The molecule has 0 radical (unpaired) electrons. The molecule has 2 atom stereocenters. The molecule has 0 aromatic heterocycles. The van der Waals surface area contributed by atoms with Crippen molar-refractivity contribution < 1.29 is 36.5 Å². The van der Waals surface area contributed by atoms with Gasteiger partial charge in [-0.15, -0.1) is 0 Å². The summed E-state index contributed by atoms with van der Waals surface area (Å²) in [4.78, 5) is 0. The summed E-state index contributed by atoms with van der Waals surface area (Å²) in [5.41, 5.74) is -0.386. The van der Waals surface area contributed by atoms with Gasteiger partial charge in [0.2, 0.25) is 0 Å². The third-order valence-electron chi connectivity index (χ3n) is 5.31. The number of halogens is 4. The number of hydrogen-bond acceptors (Lipinski definition) is 6. The molecule has 31 heavy (non-hydrogen) atoms. The molecular formula is C20H21F3INO5S. The van der Waals surface area contributed by atoms with E-state index in [-0.39, 0.29) is 36.3 Å². The Hall–Kier alpha value is -1.57. The van der Waals surface area contributed by atoms with Gasteiger partial charge in [-0.05, 0) is 66.1 Å². The van der Waals surface area contributed by atoms with Crippen LogP contribution in [0.3, 0.4) is 0 Å². The minimum atomic E-state index is -4.25. The maximum atomic E-state index is 14.5. The molecule has 1 fully saturated rings. The van der Waals surface area contributed by atoms with Gasteiger partial charge in [0.25, 0.3) is 0 Å². The molecule has 1 aliphatic carbocycles. The zero-order valence-electron chi connectivity index (χ0n) is 16.4. The van der Waals surface area contributed by atoms with Crippen LogP contribution in [0.1, 0.15) is 30.2 Å². The highest BCUT2D eigenvalue weighted by atomic mass is 127. The molecule has 1 aliphatic rings. The number of aliphatic hydroxyl groups excluding tert-OH is 2. The van der Waals surface area contributed by atoms with Gasteiger partial charge in [-0.1, -0.05) is 0 Å². The topological polar surface area (TPSA) is 95.9 Å². The molecule has 1 unspecified atom stereocenters. The van der Waals surface area contributed by atoms with Crippen molar-refractivity contribution in [3.05, 3.63) is 56.9 Å². The number of aliphatic hydroxyl groups is 2. The van der Waals surface area contributed by atoms with Crippen molar-refractivity contribution in [3.8, 4) is 5.75 Å². The molecule has 6 nitrogen and oxygen atoms in total. The molecule has 0 amide bonds. The van der Waals surface area contributed by atoms with Crippen molar-refractivity contribution in [2.45, 2.75) is 35.5 Å². The van der Waals surface area contributed by atoms with Crippen LogP contribution in [0, 0.1) is 21.0 Å². The van der Waals surface area contributed by atoms with Crippen molar-refractivity contribution in [1.82, 2.24) is 0 Å². The average Bonchev–Trinajstić information content (AvgIpc) is 3.50. The van der Waals surface area contributed by atoms with Gasteiger partial charge in [0, 0.05) is 15.2 Å². The third kappa shape index (κ3) is 4.78. The first-order chi connectivity index (χ1) is 14.5. The zero-order chi connectivity index (χ0) is 23.0. The van der Waals surface area contributed by atoms with E-state index in [1.165, 1.54) is 19.2 Å². The summed E-state index contributed by atoms with van der Waals surface area (Å²) in [6.07, 6.45) is -1.12. The Morgan fingerprint density at radius 1 is 1.16 bits per heavy atom. The smallest absolute Gasteiger partial charge is 0.181 e. The fraction of sp³-hybridized carbons (Fsp3) is 0.400. The highest BCUT2D eigenvalue weighted by Crippen LogP contribution is 2.53. The Labute approximate surface area is 191 Å². The summed E-state index contributed by atoms with van der Waals surface area (Å²) in [6.45, 7) is -0.629. The SMILES string of the molecule is COc1cc(F)c(F)cc1C(Nc1ccc(I)cc1F)S(=O)(=O)C1(C[C@@H](O)CO)CC1. The van der Waals surface area contributed by atoms with Crippen LogP contribution >= 0.6 is 22.6 Å². The van der Waals surface area contributed by atoms with Crippen LogP contribution < -0.4 is 10.1 Å². The van der Waals surface area contributed by atoms with E-state index in [2.05, 4.69) is 5.32 Å². The predicted molar refractivity (Wildman–Crippen MR) is 117 cm³/mol. The number of sulfone groups is 1. The van der Waals surface area contributed by atoms with Gasteiger partial charge in [-0.3, -0.25) is 0 Å². The summed E-state index contributed by atoms with van der Waals surface area (Å²) in [7, 11) is -3.08. The Kier molecular flexibility index (Phi) is 7.08. The Morgan fingerprint density at radius 3 is 2.35 bits per heavy atom. The van der Waals surface area contributed by atoms with Crippen molar-refractivity contribution in [2.24, 2.45) is 0 Å². The summed E-state index contributed by atoms with van der Waals surface area (Å²) in [6, 6.07) is 5.51. The van der Waals surface area contributed by atoms with Crippen LogP contribution in [-0.4, -0.2) is 43.2 Å². The quantitative estimate of drug-likeness (QED) is 0.399. The molecule has 2 aromatic carbocycles. The maximum Gasteiger partial charge on any atom is 0.181 e. The summed E-state index contributed by atoms with van der Waals surface area (Å²) >= 11 is 1.89. The second-order valence-electron chi connectivity index (χ2n) is 7.43. The zero-order valence-corrected chi connectivity index (χ0v) is 19.4. The van der Waals surface area contributed by atoms with E-state index in [1.54, 1.807) is 6.07 Å². The normalized spacial score (nSPS) is 17.1. The highest BCUT2D eigenvalue weighted by Gasteiger charge is 2.58. The Morgan fingerprint density at radius 2 is 1.81 bits per heavy atom. The lowest BCUT2D eigenvalue weighted by Crippen LogP contribution is -2.36. The van der Waals surface area contributed by atoms with Crippen molar-refractivity contribution in [3.63, 3.8) is 0 Å². The second kappa shape index (κ2) is 9.12. The van der Waals surface area contributed by atoms with E-state index in [0.717, 1.165) is 6.07 Å². The molecule has 1 saturated carbocycles. The molecule has 11 heteroatoms. The molecule has 0 aliphatic heterocycles. The van der Waals surface area contributed by atoms with Crippen LogP contribution in [0.5, 0.6) is 5.75 Å². The number of anilines is 1. The summed E-state index contributed by atoms with van der Waals surface area (Å²) in [5.74, 6) is -3.48. The van der Waals surface area contributed by atoms with Gasteiger partial charge in [0.15, 0.2) is 26.8 Å². The highest BCUT2D eigenvalue weighted by molar-refractivity contribution is 14.1. The summed E-state index contributed by atoms with van der Waals surface area (Å²) < 4.78 is 74.0. The monoisotopic (exact) mass is 571 g/mol. The third-order valence-corrected chi connectivity index (χ3v) is 8.76. The molecule has 3 N–H and O–H groups in total. The van der Waals surface area contributed by atoms with Crippen molar-refractivity contribution in [1.29, 1.82) is 0 Å². The summed E-state index contributed by atoms with van der Waals surface area (Å²) in [5, 5.41) is 20.0. The van der Waals surface area contributed by atoms with E-state index in [1.807, 2.05) is 22.6 Å². The molecule has 2 aromatic rings. The molecule has 3 rings (SSSR count). The van der Waals surface area contributed by atoms with Gasteiger partial charge >= 0.3 is 0 Å². The minimum absolute atomic E-state index is 0.153. The van der Waals surface area contributed by atoms with Gasteiger partial charge in [-0.25, -0.2) is 21.6 Å². The Balaban J connectivity index is 2.15. The fourth-order valence-corrected chi connectivity index (χ4v) is 6.33. The van der Waals surface area contributed by atoms with Crippen molar-refractivity contribution in [2.75, 3.05) is 19.0 Å². The molecule has 0 heterocycles. The molecule has 0 bridgehead atoms. The minimum Gasteiger partial charge on any atom is -0.496 e. The van der Waals surface area contributed by atoms with Gasteiger partial charge in [0.1, 0.15) is 11.6 Å². The van der Waals surface area contributed by atoms with E-state index >= 15 is 0 Å². The second-order valence-corrected chi connectivity index (χ2v) is 11.1. The van der Waals surface area contributed by atoms with E-state index in [4.69, 9.17) is 4.74 Å². The van der Waals surface area contributed by atoms with Crippen molar-refractivity contribution >= 4 is 38.1 Å². The lowest BCUT2D eigenvalue weighted by molar-refractivity contribution is 0.0857. The Bertz CT molecular complexity index is 1080. The number of rotatable bonds is 9. The first kappa shape index (κ1) is 24.1. The first-order valence-electron chi connectivity index (χ1n) is 9.31. The maximum absolute atomic E-state index is 14.5. The number of methoxy groups -OCH3 is 1. The van der Waals surface area contributed by atoms with Crippen LogP contribution in [-0.2, 0) is 9.84 Å². The number of benzene rings is 2. The standard InChI is InChI=1S/C20H21F3INO5S/c1-30-18-8-15(22)14(21)7-13(18)19(25-17-3-2-11(24)6-16(17)23)31(28,29)20(4-5-20)9-12(27)10-26/h2-3,6-8,12,19,25-27H,4-5,9-10H2,1H3/t12-,19?/m1/s1.